The molecule has 0 atom stereocenters. The number of pyridine rings is 1. The van der Waals surface area contributed by atoms with Crippen LogP contribution >= 0.6 is 11.8 Å². The molecule has 0 saturated carbocycles. The van der Waals surface area contributed by atoms with E-state index in [1.54, 1.807) is 13.2 Å². The molecular weight excluding hydrogens is 250 g/mol. The highest BCUT2D eigenvalue weighted by Gasteiger charge is 2.10. The summed E-state index contributed by atoms with van der Waals surface area (Å²) in [5.41, 5.74) is 3.24. The molecule has 1 N–H and O–H groups in total. The molecule has 0 aliphatic heterocycles. The fraction of sp³-hybridized carbons (Fsp3) is 0.0833. The number of aryl methyl sites for hydroxylation is 1. The molecule has 0 radical (unpaired) electrons. The van der Waals surface area contributed by atoms with Crippen molar-refractivity contribution in [1.82, 2.24) is 9.55 Å². The topological polar surface area (TPSA) is 71.9 Å². The Morgan fingerprint density at radius 2 is 2.33 bits per heavy atom. The van der Waals surface area contributed by atoms with Crippen molar-refractivity contribution in [3.05, 3.63) is 34.9 Å². The first-order valence-corrected chi connectivity index (χ1v) is 6.12. The number of fused-ring (bicyclic) bond motifs is 3. The zero-order valence-corrected chi connectivity index (χ0v) is 10.3. The lowest BCUT2D eigenvalue weighted by Gasteiger charge is -2.00. The van der Waals surface area contributed by atoms with Gasteiger partial charge in [0.15, 0.2) is 5.58 Å². The Labute approximate surface area is 106 Å². The summed E-state index contributed by atoms with van der Waals surface area (Å²) >= 11 is 1.30. The lowest BCUT2D eigenvalue weighted by Crippen LogP contribution is -2.08. The minimum absolute atomic E-state index is 0.399. The van der Waals surface area contributed by atoms with Crippen molar-refractivity contribution in [3.8, 4) is 0 Å². The summed E-state index contributed by atoms with van der Waals surface area (Å²) in [6.45, 7) is 0. The molecule has 6 heteroatoms. The van der Waals surface area contributed by atoms with Gasteiger partial charge in [-0.25, -0.2) is 4.79 Å². The van der Waals surface area contributed by atoms with E-state index in [9.17, 15) is 4.79 Å². The molecule has 90 valence electrons. The fourth-order valence-corrected chi connectivity index (χ4v) is 2.35. The van der Waals surface area contributed by atoms with E-state index >= 15 is 0 Å². The van der Waals surface area contributed by atoms with Crippen LogP contribution in [0.5, 0.6) is 0 Å². The quantitative estimate of drug-likeness (QED) is 0.435. The first-order valence-electron chi connectivity index (χ1n) is 5.24. The van der Waals surface area contributed by atoms with Gasteiger partial charge in [-0.15, -0.1) is 0 Å². The lowest BCUT2D eigenvalue weighted by molar-refractivity contribution is 0.530. The van der Waals surface area contributed by atoms with Gasteiger partial charge in [-0.05, 0) is 18.2 Å². The molecular formula is C12H9N3O2S. The molecule has 18 heavy (non-hydrogen) atoms. The Bertz CT molecular complexity index is 819. The molecule has 0 aliphatic rings. The minimum Gasteiger partial charge on any atom is -0.407 e. The van der Waals surface area contributed by atoms with Gasteiger partial charge in [0, 0.05) is 17.3 Å². The fourth-order valence-electron chi connectivity index (χ4n) is 1.88. The van der Waals surface area contributed by atoms with Crippen molar-refractivity contribution in [2.45, 2.75) is 4.90 Å². The molecule has 2 aromatic heterocycles. The van der Waals surface area contributed by atoms with E-state index in [0.717, 1.165) is 15.8 Å². The van der Waals surface area contributed by atoms with E-state index in [2.05, 4.69) is 4.98 Å². The summed E-state index contributed by atoms with van der Waals surface area (Å²) in [7, 11) is 1.65. The molecule has 0 saturated heterocycles. The summed E-state index contributed by atoms with van der Waals surface area (Å²) in [6.07, 6.45) is 1.63. The van der Waals surface area contributed by atoms with E-state index < -0.39 is 5.76 Å². The van der Waals surface area contributed by atoms with Crippen LogP contribution in [0.2, 0.25) is 0 Å². The van der Waals surface area contributed by atoms with Crippen LogP contribution in [-0.2, 0) is 7.05 Å². The predicted molar refractivity (Wildman–Crippen MR) is 71.4 cm³/mol. The zero-order chi connectivity index (χ0) is 12.7. The molecule has 2 heterocycles. The lowest BCUT2D eigenvalue weighted by atomic mass is 10.2. The van der Waals surface area contributed by atoms with Gasteiger partial charge in [-0.2, -0.15) is 0 Å². The van der Waals surface area contributed by atoms with E-state index in [1.807, 2.05) is 18.2 Å². The maximum absolute atomic E-state index is 11.5. The third kappa shape index (κ3) is 1.53. The van der Waals surface area contributed by atoms with Crippen LogP contribution in [-0.4, -0.2) is 15.1 Å². The summed E-state index contributed by atoms with van der Waals surface area (Å²) < 4.78 is 6.67. The summed E-state index contributed by atoms with van der Waals surface area (Å²) in [5.74, 6) is -0.399. The number of aromatic nitrogens is 2. The third-order valence-corrected chi connectivity index (χ3v) is 3.43. The Balaban J connectivity index is 2.43. The summed E-state index contributed by atoms with van der Waals surface area (Å²) in [5, 5.41) is 7.88. The van der Waals surface area contributed by atoms with Crippen molar-refractivity contribution in [1.29, 1.82) is 5.41 Å². The van der Waals surface area contributed by atoms with Crippen molar-refractivity contribution in [2.24, 2.45) is 7.05 Å². The number of oxazole rings is 1. The number of nitrogens with zero attached hydrogens (tertiary/aromatic N) is 2. The summed E-state index contributed by atoms with van der Waals surface area (Å²) in [6, 6.07) is 5.62. The van der Waals surface area contributed by atoms with Crippen LogP contribution in [0.3, 0.4) is 0 Å². The monoisotopic (exact) mass is 259 g/mol. The average Bonchev–Trinajstić information content (AvgIpc) is 2.66. The van der Waals surface area contributed by atoms with Crippen LogP contribution in [0.4, 0.5) is 0 Å². The first kappa shape index (κ1) is 11.0. The molecule has 5 nitrogen and oxygen atoms in total. The maximum atomic E-state index is 11.5. The normalized spacial score (nSPS) is 11.2. The van der Waals surface area contributed by atoms with Gasteiger partial charge in [-0.1, -0.05) is 11.8 Å². The van der Waals surface area contributed by atoms with E-state index in [-0.39, 0.29) is 0 Å². The van der Waals surface area contributed by atoms with Crippen molar-refractivity contribution in [2.75, 3.05) is 0 Å². The Kier molecular flexibility index (Phi) is 2.45. The molecule has 0 fully saturated rings. The van der Waals surface area contributed by atoms with E-state index in [1.165, 1.54) is 21.9 Å². The van der Waals surface area contributed by atoms with E-state index in [4.69, 9.17) is 9.83 Å². The van der Waals surface area contributed by atoms with Gasteiger partial charge in [0.25, 0.3) is 0 Å². The second kappa shape index (κ2) is 3.99. The summed E-state index contributed by atoms with van der Waals surface area (Å²) in [4.78, 5) is 16.7. The molecule has 0 spiro atoms. The van der Waals surface area contributed by atoms with Crippen molar-refractivity contribution in [3.63, 3.8) is 0 Å². The van der Waals surface area contributed by atoms with Gasteiger partial charge < -0.3 is 9.83 Å². The van der Waals surface area contributed by atoms with Crippen molar-refractivity contribution < 1.29 is 4.42 Å². The van der Waals surface area contributed by atoms with Crippen LogP contribution in [0.25, 0.3) is 22.0 Å². The number of rotatable bonds is 2. The number of benzene rings is 1. The van der Waals surface area contributed by atoms with Gasteiger partial charge in [0.2, 0.25) is 0 Å². The standard InChI is InChI=1S/C12H9N3O2S/c1-15-10-5-14-9-3-2-7(18-6-13)4-8(9)11(10)17-12(15)16/h2-6,13H,1H3. The van der Waals surface area contributed by atoms with Gasteiger partial charge in [-0.3, -0.25) is 9.55 Å². The van der Waals surface area contributed by atoms with E-state index in [0.29, 0.717) is 11.1 Å². The molecule has 0 aliphatic carbocycles. The number of nitrogens with one attached hydrogen (secondary N) is 1. The van der Waals surface area contributed by atoms with Crippen LogP contribution in [0.15, 0.2) is 38.5 Å². The van der Waals surface area contributed by atoms with Crippen molar-refractivity contribution >= 4 is 39.3 Å². The molecule has 0 bridgehead atoms. The minimum atomic E-state index is -0.399. The Morgan fingerprint density at radius 1 is 1.50 bits per heavy atom. The smallest absolute Gasteiger partial charge is 0.407 e. The van der Waals surface area contributed by atoms with Crippen LogP contribution in [0, 0.1) is 5.41 Å². The van der Waals surface area contributed by atoms with Gasteiger partial charge >= 0.3 is 5.76 Å². The second-order valence-corrected chi connectivity index (χ2v) is 4.76. The SMILES string of the molecule is Cn1c(=O)oc2c3cc(SC=N)ccc3ncc21. The Morgan fingerprint density at radius 3 is 3.11 bits per heavy atom. The van der Waals surface area contributed by atoms with Crippen LogP contribution < -0.4 is 5.76 Å². The van der Waals surface area contributed by atoms with Gasteiger partial charge in [0.1, 0.15) is 5.52 Å². The number of thioether (sulfide) groups is 1. The Hall–Kier alpha value is -2.08. The highest BCUT2D eigenvalue weighted by molar-refractivity contribution is 8.12. The highest BCUT2D eigenvalue weighted by Crippen LogP contribution is 2.26. The molecule has 0 amide bonds. The second-order valence-electron chi connectivity index (χ2n) is 3.81. The number of hydrogen-bond donors (Lipinski definition) is 1. The zero-order valence-electron chi connectivity index (χ0n) is 9.51. The molecule has 0 unspecified atom stereocenters. The van der Waals surface area contributed by atoms with Gasteiger partial charge in [0.05, 0.1) is 17.3 Å². The largest absolute Gasteiger partial charge is 0.419 e. The molecule has 3 aromatic rings. The number of hydrogen-bond acceptors (Lipinski definition) is 5. The maximum Gasteiger partial charge on any atom is 0.419 e. The molecule has 1 aromatic carbocycles. The highest BCUT2D eigenvalue weighted by atomic mass is 32.2. The van der Waals surface area contributed by atoms with Crippen LogP contribution in [0.1, 0.15) is 0 Å². The first-order chi connectivity index (χ1) is 8.70. The third-order valence-electron chi connectivity index (χ3n) is 2.79. The average molecular weight is 259 g/mol. The predicted octanol–water partition coefficient (Wildman–Crippen LogP) is 2.38. The molecule has 3 rings (SSSR count).